The zero-order chi connectivity index (χ0) is 29.0. The van der Waals surface area contributed by atoms with Crippen molar-refractivity contribution in [2.75, 3.05) is 19.8 Å². The van der Waals surface area contributed by atoms with Gasteiger partial charge in [0, 0.05) is 13.0 Å². The van der Waals surface area contributed by atoms with Crippen molar-refractivity contribution in [3.05, 3.63) is 0 Å². The maximum absolute atomic E-state index is 12.5. The molecule has 0 fully saturated rings. The Morgan fingerprint density at radius 3 is 1.64 bits per heavy atom. The topological polar surface area (TPSA) is 131 Å². The minimum absolute atomic E-state index is 0.0915. The molecule has 0 radical (unpaired) electrons. The highest BCUT2D eigenvalue weighted by Crippen LogP contribution is 2.43. The standard InChI is InChI=1S/C30H63N2O6P/c1-3-5-7-9-11-13-14-15-16-17-19-21-23-29(33)28(27-38-39(35,36)37-26-25-31)32-30(34)24-22-20-18-12-10-8-6-4-2/h28-29,33H,3-27,31H2,1-2H3,(H,32,34)(H,35,36)/t28-,29+/m0/s1. The lowest BCUT2D eigenvalue weighted by Gasteiger charge is -2.25. The number of carbonyl (C=O) groups is 1. The smallest absolute Gasteiger partial charge is 0.391 e. The van der Waals surface area contributed by atoms with Gasteiger partial charge in [-0.05, 0) is 12.8 Å². The van der Waals surface area contributed by atoms with E-state index in [9.17, 15) is 19.4 Å². The van der Waals surface area contributed by atoms with Crippen molar-refractivity contribution in [3.8, 4) is 0 Å². The Hall–Kier alpha value is -0.500. The van der Waals surface area contributed by atoms with Gasteiger partial charge in [-0.25, -0.2) is 4.57 Å². The number of phosphoric ester groups is 1. The van der Waals surface area contributed by atoms with Crippen LogP contribution < -0.4 is 11.1 Å². The van der Waals surface area contributed by atoms with E-state index in [0.29, 0.717) is 12.8 Å². The molecule has 0 saturated carbocycles. The predicted molar refractivity (Wildman–Crippen MR) is 162 cm³/mol. The molecule has 3 atom stereocenters. The average molecular weight is 579 g/mol. The van der Waals surface area contributed by atoms with Gasteiger partial charge in [0.05, 0.1) is 25.4 Å². The van der Waals surface area contributed by atoms with Gasteiger partial charge in [0.1, 0.15) is 0 Å². The van der Waals surface area contributed by atoms with E-state index < -0.39 is 20.0 Å². The summed E-state index contributed by atoms with van der Waals surface area (Å²) in [5.41, 5.74) is 5.33. The first-order valence-electron chi connectivity index (χ1n) is 16.2. The maximum Gasteiger partial charge on any atom is 0.472 e. The number of hydrogen-bond donors (Lipinski definition) is 4. The second-order valence-corrected chi connectivity index (χ2v) is 12.5. The maximum atomic E-state index is 12.5. The number of amides is 1. The van der Waals surface area contributed by atoms with Gasteiger partial charge in [0.2, 0.25) is 5.91 Å². The molecule has 0 aromatic heterocycles. The number of aliphatic hydroxyl groups excluding tert-OH is 1. The van der Waals surface area contributed by atoms with Crippen LogP contribution >= 0.6 is 7.82 Å². The third-order valence-corrected chi connectivity index (χ3v) is 8.20. The van der Waals surface area contributed by atoms with Crippen molar-refractivity contribution >= 4 is 13.7 Å². The van der Waals surface area contributed by atoms with E-state index in [0.717, 1.165) is 38.5 Å². The zero-order valence-corrected chi connectivity index (χ0v) is 26.3. The fraction of sp³-hybridized carbons (Fsp3) is 0.967. The summed E-state index contributed by atoms with van der Waals surface area (Å²) in [6.07, 6.45) is 24.0. The molecular weight excluding hydrogens is 515 g/mol. The van der Waals surface area contributed by atoms with Gasteiger partial charge in [-0.2, -0.15) is 0 Å². The third-order valence-electron chi connectivity index (χ3n) is 7.21. The molecule has 1 amide bonds. The van der Waals surface area contributed by atoms with E-state index in [1.807, 2.05) is 0 Å². The molecular formula is C30H63N2O6P. The molecule has 0 spiro atoms. The molecule has 0 aliphatic rings. The number of rotatable bonds is 30. The lowest BCUT2D eigenvalue weighted by molar-refractivity contribution is -0.123. The largest absolute Gasteiger partial charge is 0.472 e. The Kier molecular flexibility index (Phi) is 27.3. The van der Waals surface area contributed by atoms with E-state index in [1.165, 1.54) is 89.9 Å². The molecule has 0 bridgehead atoms. The Bertz CT molecular complexity index is 596. The van der Waals surface area contributed by atoms with E-state index in [4.69, 9.17) is 14.8 Å². The molecule has 39 heavy (non-hydrogen) atoms. The van der Waals surface area contributed by atoms with Crippen molar-refractivity contribution in [1.82, 2.24) is 5.32 Å². The van der Waals surface area contributed by atoms with E-state index >= 15 is 0 Å². The number of aliphatic hydroxyl groups is 1. The Labute approximate surface area is 240 Å². The minimum Gasteiger partial charge on any atom is -0.391 e. The van der Waals surface area contributed by atoms with Gasteiger partial charge in [-0.1, -0.05) is 136 Å². The molecule has 1 unspecified atom stereocenters. The summed E-state index contributed by atoms with van der Waals surface area (Å²) in [6.45, 7) is 4.15. The Morgan fingerprint density at radius 2 is 1.18 bits per heavy atom. The third kappa shape index (κ3) is 26.2. The highest BCUT2D eigenvalue weighted by molar-refractivity contribution is 7.47. The van der Waals surface area contributed by atoms with Crippen LogP contribution in [0.25, 0.3) is 0 Å². The van der Waals surface area contributed by atoms with Crippen molar-refractivity contribution < 1.29 is 28.4 Å². The van der Waals surface area contributed by atoms with Crippen molar-refractivity contribution in [1.29, 1.82) is 0 Å². The van der Waals surface area contributed by atoms with Crippen LogP contribution in [-0.4, -0.2) is 47.8 Å². The van der Waals surface area contributed by atoms with Crippen molar-refractivity contribution in [2.45, 2.75) is 167 Å². The summed E-state index contributed by atoms with van der Waals surface area (Å²) in [5.74, 6) is -0.168. The molecule has 9 heteroatoms. The average Bonchev–Trinajstić information content (AvgIpc) is 2.91. The highest BCUT2D eigenvalue weighted by atomic mass is 31.2. The van der Waals surface area contributed by atoms with Gasteiger partial charge < -0.3 is 21.1 Å². The quantitative estimate of drug-likeness (QED) is 0.0511. The fourth-order valence-corrected chi connectivity index (χ4v) is 5.48. The molecule has 234 valence electrons. The molecule has 0 saturated heterocycles. The van der Waals surface area contributed by atoms with Crippen LogP contribution in [0.2, 0.25) is 0 Å². The molecule has 0 heterocycles. The van der Waals surface area contributed by atoms with Gasteiger partial charge in [0.15, 0.2) is 0 Å². The number of phosphoric acid groups is 1. The summed E-state index contributed by atoms with van der Waals surface area (Å²) in [4.78, 5) is 22.4. The monoisotopic (exact) mass is 578 g/mol. The molecule has 0 aliphatic heterocycles. The van der Waals surface area contributed by atoms with Crippen LogP contribution in [0, 0.1) is 0 Å². The molecule has 0 rings (SSSR count). The Balaban J connectivity index is 4.33. The van der Waals surface area contributed by atoms with Crippen LogP contribution in [0.1, 0.15) is 155 Å². The highest BCUT2D eigenvalue weighted by Gasteiger charge is 2.27. The first kappa shape index (κ1) is 38.5. The van der Waals surface area contributed by atoms with Crippen LogP contribution in [-0.2, 0) is 18.4 Å². The second-order valence-electron chi connectivity index (χ2n) is 11.0. The lowest BCUT2D eigenvalue weighted by atomic mass is 10.0. The summed E-state index contributed by atoms with van der Waals surface area (Å²) in [5, 5.41) is 13.6. The number of carbonyl (C=O) groups excluding carboxylic acids is 1. The first-order valence-corrected chi connectivity index (χ1v) is 17.6. The number of unbranched alkanes of at least 4 members (excludes halogenated alkanes) is 18. The summed E-state index contributed by atoms with van der Waals surface area (Å²) in [7, 11) is -4.29. The summed E-state index contributed by atoms with van der Waals surface area (Å²) >= 11 is 0. The predicted octanol–water partition coefficient (Wildman–Crippen LogP) is 7.55. The SMILES string of the molecule is CCCCCCCCCCCCCC[C@@H](O)[C@H](COP(=O)(O)OCCN)NC(=O)CCCCCCCCCC. The molecule has 0 aliphatic carbocycles. The lowest BCUT2D eigenvalue weighted by Crippen LogP contribution is -2.46. The molecule has 0 aromatic carbocycles. The first-order chi connectivity index (χ1) is 18.9. The fourth-order valence-electron chi connectivity index (χ4n) is 4.72. The molecule has 0 aromatic rings. The van der Waals surface area contributed by atoms with E-state index in [-0.39, 0.29) is 25.7 Å². The number of nitrogens with one attached hydrogen (secondary N) is 1. The van der Waals surface area contributed by atoms with Gasteiger partial charge >= 0.3 is 7.82 Å². The van der Waals surface area contributed by atoms with Crippen molar-refractivity contribution in [3.63, 3.8) is 0 Å². The normalized spacial score (nSPS) is 14.7. The van der Waals surface area contributed by atoms with Crippen LogP contribution in [0.4, 0.5) is 0 Å². The van der Waals surface area contributed by atoms with Crippen LogP contribution in [0.5, 0.6) is 0 Å². The Morgan fingerprint density at radius 1 is 0.744 bits per heavy atom. The minimum atomic E-state index is -4.29. The number of nitrogens with two attached hydrogens (primary N) is 1. The van der Waals surface area contributed by atoms with Crippen LogP contribution in [0.3, 0.4) is 0 Å². The van der Waals surface area contributed by atoms with Crippen molar-refractivity contribution in [2.24, 2.45) is 5.73 Å². The van der Waals surface area contributed by atoms with Gasteiger partial charge in [-0.15, -0.1) is 0 Å². The summed E-state index contributed by atoms with van der Waals surface area (Å²) in [6, 6.07) is -0.763. The number of hydrogen-bond acceptors (Lipinski definition) is 6. The van der Waals surface area contributed by atoms with E-state index in [2.05, 4.69) is 19.2 Å². The molecule has 8 nitrogen and oxygen atoms in total. The zero-order valence-electron chi connectivity index (χ0n) is 25.4. The van der Waals surface area contributed by atoms with E-state index in [1.54, 1.807) is 0 Å². The van der Waals surface area contributed by atoms with Gasteiger partial charge in [0.25, 0.3) is 0 Å². The summed E-state index contributed by atoms with van der Waals surface area (Å²) < 4.78 is 21.9. The van der Waals surface area contributed by atoms with Crippen LogP contribution in [0.15, 0.2) is 0 Å². The second kappa shape index (κ2) is 27.7. The van der Waals surface area contributed by atoms with Gasteiger partial charge in [-0.3, -0.25) is 13.8 Å². The molecule has 5 N–H and O–H groups in total.